The number of aromatic nitrogens is 2. The van der Waals surface area contributed by atoms with Crippen molar-refractivity contribution < 1.29 is 9.53 Å². The van der Waals surface area contributed by atoms with Crippen molar-refractivity contribution >= 4 is 17.4 Å². The van der Waals surface area contributed by atoms with Gasteiger partial charge < -0.3 is 15.0 Å². The fourth-order valence-electron chi connectivity index (χ4n) is 4.72. The number of ether oxygens (including phenoxy) is 1. The Balaban J connectivity index is 1.39. The number of likely N-dealkylation sites (tertiary alicyclic amines) is 1. The summed E-state index contributed by atoms with van der Waals surface area (Å²) in [5.74, 6) is 0.578. The zero-order valence-electron chi connectivity index (χ0n) is 19.4. The summed E-state index contributed by atoms with van der Waals surface area (Å²) in [6.45, 7) is 5.56. The van der Waals surface area contributed by atoms with Crippen LogP contribution in [0.5, 0.6) is 5.75 Å². The smallest absolute Gasteiger partial charge is 0.317 e. The minimum atomic E-state index is -0.00443. The molecule has 0 spiro atoms. The Morgan fingerprint density at radius 2 is 2.00 bits per heavy atom. The van der Waals surface area contributed by atoms with Crippen molar-refractivity contribution in [2.45, 2.75) is 51.7 Å². The fourth-order valence-corrected chi connectivity index (χ4v) is 5.61. The second-order valence-corrected chi connectivity index (χ2v) is 9.99. The van der Waals surface area contributed by atoms with Gasteiger partial charge in [-0.1, -0.05) is 29.5 Å². The van der Waals surface area contributed by atoms with E-state index in [0.717, 1.165) is 59.9 Å². The van der Waals surface area contributed by atoms with E-state index >= 15 is 0 Å². The summed E-state index contributed by atoms with van der Waals surface area (Å²) in [5, 5.41) is 23.3. The second-order valence-electron chi connectivity index (χ2n) is 9.01. The van der Waals surface area contributed by atoms with Crippen LogP contribution in [0.2, 0.25) is 0 Å². The number of hydrogen-bond acceptors (Lipinski definition) is 6. The van der Waals surface area contributed by atoms with Crippen molar-refractivity contribution in [3.8, 4) is 33.0 Å². The van der Waals surface area contributed by atoms with E-state index in [1.165, 1.54) is 22.5 Å². The third-order valence-corrected chi connectivity index (χ3v) is 7.33. The molecule has 0 unspecified atom stereocenters. The Labute approximate surface area is 203 Å². The molecule has 2 heterocycles. The molecule has 0 saturated carbocycles. The average Bonchev–Trinajstić information content (AvgIpc) is 3.60. The van der Waals surface area contributed by atoms with Crippen LogP contribution >= 0.6 is 11.3 Å². The molecule has 7 nitrogen and oxygen atoms in total. The largest absolute Gasteiger partial charge is 0.490 e. The number of urea groups is 1. The van der Waals surface area contributed by atoms with Crippen molar-refractivity contribution in [1.82, 2.24) is 20.4 Å². The number of benzene rings is 2. The van der Waals surface area contributed by atoms with E-state index < -0.39 is 0 Å². The van der Waals surface area contributed by atoms with Crippen LogP contribution in [0.25, 0.3) is 21.1 Å². The lowest BCUT2D eigenvalue weighted by Crippen LogP contribution is -2.39. The molecular weight excluding hydrogens is 446 g/mol. The molecular formula is C26H27N5O2S. The molecule has 1 aromatic heterocycles. The highest BCUT2D eigenvalue weighted by Gasteiger charge is 2.29. The van der Waals surface area contributed by atoms with Crippen LogP contribution in [0.1, 0.15) is 55.8 Å². The van der Waals surface area contributed by atoms with E-state index in [2.05, 4.69) is 33.7 Å². The van der Waals surface area contributed by atoms with Gasteiger partial charge in [0.2, 0.25) is 0 Å². The topological polar surface area (TPSA) is 91.1 Å². The lowest BCUT2D eigenvalue weighted by molar-refractivity contribution is 0.204. The van der Waals surface area contributed by atoms with E-state index in [-0.39, 0.29) is 18.2 Å². The van der Waals surface area contributed by atoms with Gasteiger partial charge in [-0.05, 0) is 68.9 Å². The molecule has 5 rings (SSSR count). The maximum absolute atomic E-state index is 12.6. The summed E-state index contributed by atoms with van der Waals surface area (Å²) in [4.78, 5) is 14.5. The van der Waals surface area contributed by atoms with Crippen LogP contribution in [0.15, 0.2) is 36.4 Å². The maximum Gasteiger partial charge on any atom is 0.317 e. The number of hydrogen-bond donors (Lipinski definition) is 1. The number of carbonyl (C=O) groups excluding carboxylic acids is 1. The molecule has 1 aliphatic carbocycles. The van der Waals surface area contributed by atoms with Gasteiger partial charge >= 0.3 is 6.03 Å². The zero-order valence-corrected chi connectivity index (χ0v) is 20.2. The van der Waals surface area contributed by atoms with Crippen LogP contribution in [0, 0.1) is 11.3 Å². The molecule has 1 saturated heterocycles. The highest BCUT2D eigenvalue weighted by Crippen LogP contribution is 2.40. The first-order chi connectivity index (χ1) is 16.5. The van der Waals surface area contributed by atoms with Gasteiger partial charge in [-0.15, -0.1) is 10.2 Å². The van der Waals surface area contributed by atoms with Gasteiger partial charge in [0.25, 0.3) is 0 Å². The minimum Gasteiger partial charge on any atom is -0.490 e. The molecule has 1 aliphatic heterocycles. The molecule has 2 amide bonds. The van der Waals surface area contributed by atoms with E-state index in [1.807, 2.05) is 36.9 Å². The number of nitrogens with one attached hydrogen (secondary N) is 1. The molecule has 34 heavy (non-hydrogen) atoms. The number of nitrogens with zero attached hydrogens (tertiary/aromatic N) is 4. The van der Waals surface area contributed by atoms with Gasteiger partial charge in [-0.2, -0.15) is 5.26 Å². The number of amides is 2. The Kier molecular flexibility index (Phi) is 6.20. The van der Waals surface area contributed by atoms with Crippen LogP contribution in [0.3, 0.4) is 0 Å². The van der Waals surface area contributed by atoms with Crippen molar-refractivity contribution in [3.05, 3.63) is 53.1 Å². The number of fused-ring (bicyclic) bond motifs is 1. The third-order valence-electron chi connectivity index (χ3n) is 6.33. The first kappa shape index (κ1) is 22.4. The van der Waals surface area contributed by atoms with Crippen LogP contribution in [0.4, 0.5) is 4.79 Å². The molecule has 0 radical (unpaired) electrons. The molecule has 1 fully saturated rings. The first-order valence-electron chi connectivity index (χ1n) is 11.8. The van der Waals surface area contributed by atoms with E-state index in [4.69, 9.17) is 4.74 Å². The van der Waals surface area contributed by atoms with Gasteiger partial charge in [0.05, 0.1) is 17.7 Å². The monoisotopic (exact) mass is 473 g/mol. The van der Waals surface area contributed by atoms with Crippen molar-refractivity contribution in [3.63, 3.8) is 0 Å². The van der Waals surface area contributed by atoms with E-state index in [1.54, 1.807) is 6.07 Å². The van der Waals surface area contributed by atoms with E-state index in [0.29, 0.717) is 11.3 Å². The fraction of sp³-hybridized carbons (Fsp3) is 0.385. The Hall–Kier alpha value is -3.44. The van der Waals surface area contributed by atoms with Crippen LogP contribution in [-0.2, 0) is 6.42 Å². The molecule has 0 bridgehead atoms. The van der Waals surface area contributed by atoms with Crippen LogP contribution < -0.4 is 10.1 Å². The quantitative estimate of drug-likeness (QED) is 0.541. The van der Waals surface area contributed by atoms with Gasteiger partial charge in [-0.3, -0.25) is 0 Å². The Morgan fingerprint density at radius 1 is 1.21 bits per heavy atom. The summed E-state index contributed by atoms with van der Waals surface area (Å²) >= 11 is 1.51. The molecule has 174 valence electrons. The SMILES string of the molecule is CC(C)Oc1ccc(-c2nnc(-c3cccc4c3CC[C@@H]4NC(=O)N3CCCC3)s2)cc1C#N. The molecule has 1 atom stereocenters. The summed E-state index contributed by atoms with van der Waals surface area (Å²) in [5.41, 5.74) is 4.80. The average molecular weight is 474 g/mol. The Morgan fingerprint density at radius 3 is 2.76 bits per heavy atom. The molecule has 3 aromatic rings. The predicted molar refractivity (Wildman–Crippen MR) is 132 cm³/mol. The number of nitriles is 1. The van der Waals surface area contributed by atoms with Crippen LogP contribution in [-0.4, -0.2) is 40.3 Å². The summed E-state index contributed by atoms with van der Waals surface area (Å²) in [6.07, 6.45) is 3.95. The maximum atomic E-state index is 12.6. The second kappa shape index (κ2) is 9.43. The molecule has 2 aliphatic rings. The van der Waals surface area contributed by atoms with Gasteiger partial charge in [-0.25, -0.2) is 4.79 Å². The number of carbonyl (C=O) groups is 1. The predicted octanol–water partition coefficient (Wildman–Crippen LogP) is 5.32. The van der Waals surface area contributed by atoms with Crippen molar-refractivity contribution in [2.24, 2.45) is 0 Å². The van der Waals surface area contributed by atoms with Gasteiger partial charge in [0.1, 0.15) is 21.8 Å². The van der Waals surface area contributed by atoms with E-state index in [9.17, 15) is 10.1 Å². The zero-order chi connectivity index (χ0) is 23.7. The lowest BCUT2D eigenvalue weighted by atomic mass is 10.0. The summed E-state index contributed by atoms with van der Waals surface area (Å²) in [7, 11) is 0. The number of rotatable bonds is 5. The van der Waals surface area contributed by atoms with Crippen molar-refractivity contribution in [2.75, 3.05) is 13.1 Å². The molecule has 8 heteroatoms. The standard InChI is InChI=1S/C26H27N5O2S/c1-16(2)33-23-11-8-17(14-18(23)15-27)24-29-30-25(34-24)21-7-5-6-20-19(21)9-10-22(20)28-26(32)31-12-3-4-13-31/h5-8,11,14,16,22H,3-4,9-10,12-13H2,1-2H3,(H,28,32)/t22-/m0/s1. The third kappa shape index (κ3) is 4.36. The van der Waals surface area contributed by atoms with Gasteiger partial charge in [0.15, 0.2) is 0 Å². The summed E-state index contributed by atoms with van der Waals surface area (Å²) in [6, 6.07) is 14.0. The highest BCUT2D eigenvalue weighted by molar-refractivity contribution is 7.17. The normalized spacial score (nSPS) is 17.0. The lowest BCUT2D eigenvalue weighted by Gasteiger charge is -2.20. The highest BCUT2D eigenvalue weighted by atomic mass is 32.1. The Bertz CT molecular complexity index is 1260. The molecule has 2 aromatic carbocycles. The first-order valence-corrected chi connectivity index (χ1v) is 12.6. The minimum absolute atomic E-state index is 0.00443. The summed E-state index contributed by atoms with van der Waals surface area (Å²) < 4.78 is 5.73. The molecule has 1 N–H and O–H groups in total. The van der Waals surface area contributed by atoms with Crippen molar-refractivity contribution in [1.29, 1.82) is 5.26 Å². The van der Waals surface area contributed by atoms with Gasteiger partial charge in [0, 0.05) is 24.2 Å².